The van der Waals surface area contributed by atoms with Gasteiger partial charge in [0.2, 0.25) is 0 Å². The third kappa shape index (κ3) is 5.89. The largest absolute Gasteiger partial charge is 0.493 e. The number of ether oxygens (including phenoxy) is 3. The molecule has 0 radical (unpaired) electrons. The Kier molecular flexibility index (Phi) is 7.92. The number of rotatable bonds is 8. The molecule has 0 aliphatic carbocycles. The molecule has 0 atom stereocenters. The fraction of sp³-hybridized carbons (Fsp3) is 0.273. The van der Waals surface area contributed by atoms with Gasteiger partial charge in [-0.1, -0.05) is 6.07 Å². The first-order valence-electron chi connectivity index (χ1n) is 9.63. The topological polar surface area (TPSA) is 95.0 Å². The van der Waals surface area contributed by atoms with Gasteiger partial charge in [0.15, 0.2) is 11.5 Å². The number of imide groups is 1. The standard InChI is InChI=1S/C22H21BrN2O6S/c1-13(2)31-19(26)11-25-21(27)18(32-22(25)28)10-14-8-16(23)20(17(9-14)29-3)30-12-15-6-4-5-7-24-15/h4-10,13H,11-12H2,1-3H3/b18-10+. The number of nitrogens with zero attached hydrogens (tertiary/aromatic N) is 2. The molecule has 0 unspecified atom stereocenters. The molecule has 168 valence electrons. The van der Waals surface area contributed by atoms with Crippen molar-refractivity contribution >= 4 is 50.9 Å². The lowest BCUT2D eigenvalue weighted by Crippen LogP contribution is -2.35. The molecule has 3 rings (SSSR count). The van der Waals surface area contributed by atoms with Crippen LogP contribution in [0.4, 0.5) is 4.79 Å². The second-order valence-corrected chi connectivity index (χ2v) is 8.80. The van der Waals surface area contributed by atoms with E-state index >= 15 is 0 Å². The Hall–Kier alpha value is -2.85. The number of aromatic nitrogens is 1. The van der Waals surface area contributed by atoms with Gasteiger partial charge < -0.3 is 14.2 Å². The van der Waals surface area contributed by atoms with Gasteiger partial charge in [-0.2, -0.15) is 0 Å². The Balaban J connectivity index is 1.78. The monoisotopic (exact) mass is 520 g/mol. The minimum Gasteiger partial charge on any atom is -0.493 e. The average Bonchev–Trinajstić information content (AvgIpc) is 3.00. The minimum absolute atomic E-state index is 0.198. The Bertz CT molecular complexity index is 1060. The number of pyridine rings is 1. The van der Waals surface area contributed by atoms with Gasteiger partial charge in [-0.05, 0) is 77.4 Å². The van der Waals surface area contributed by atoms with E-state index in [4.69, 9.17) is 14.2 Å². The van der Waals surface area contributed by atoms with E-state index in [-0.39, 0.29) is 17.6 Å². The van der Waals surface area contributed by atoms with E-state index < -0.39 is 23.7 Å². The maximum atomic E-state index is 12.6. The summed E-state index contributed by atoms with van der Waals surface area (Å²) in [7, 11) is 1.51. The number of thioether (sulfide) groups is 1. The fourth-order valence-corrected chi connectivity index (χ4v) is 4.22. The molecular formula is C22H21BrN2O6S. The molecule has 1 saturated heterocycles. The Labute approximate surface area is 198 Å². The quantitative estimate of drug-likeness (QED) is 0.372. The highest BCUT2D eigenvalue weighted by molar-refractivity contribution is 9.10. The number of carbonyl (C=O) groups excluding carboxylic acids is 3. The zero-order chi connectivity index (χ0) is 23.3. The van der Waals surface area contributed by atoms with Crippen molar-refractivity contribution in [2.75, 3.05) is 13.7 Å². The molecule has 0 bridgehead atoms. The first kappa shape index (κ1) is 23.8. The number of carbonyl (C=O) groups is 3. The predicted octanol–water partition coefficient (Wildman–Crippen LogP) is 4.42. The van der Waals surface area contributed by atoms with Crippen molar-refractivity contribution in [2.45, 2.75) is 26.6 Å². The number of hydrogen-bond acceptors (Lipinski definition) is 8. The Morgan fingerprint density at radius 3 is 2.72 bits per heavy atom. The number of esters is 1. The highest BCUT2D eigenvalue weighted by atomic mass is 79.9. The third-order valence-corrected chi connectivity index (χ3v) is 5.66. The van der Waals surface area contributed by atoms with Crippen molar-refractivity contribution < 1.29 is 28.6 Å². The molecule has 1 aliphatic rings. The van der Waals surface area contributed by atoms with Crippen LogP contribution in [0.15, 0.2) is 45.9 Å². The molecule has 1 aromatic carbocycles. The van der Waals surface area contributed by atoms with Gasteiger partial charge >= 0.3 is 5.97 Å². The normalized spacial score (nSPS) is 14.9. The van der Waals surface area contributed by atoms with Crippen LogP contribution in [0, 0.1) is 0 Å². The summed E-state index contributed by atoms with van der Waals surface area (Å²) in [5, 5.41) is -0.525. The lowest BCUT2D eigenvalue weighted by atomic mass is 10.2. The highest BCUT2D eigenvalue weighted by Crippen LogP contribution is 2.39. The lowest BCUT2D eigenvalue weighted by molar-refractivity contribution is -0.149. The van der Waals surface area contributed by atoms with E-state index in [1.165, 1.54) is 7.11 Å². The number of amides is 2. The minimum atomic E-state index is -0.637. The summed E-state index contributed by atoms with van der Waals surface area (Å²) in [6, 6.07) is 8.99. The van der Waals surface area contributed by atoms with Crippen LogP contribution < -0.4 is 9.47 Å². The summed E-state index contributed by atoms with van der Waals surface area (Å²) in [5.74, 6) is -0.255. The summed E-state index contributed by atoms with van der Waals surface area (Å²) < 4.78 is 16.9. The van der Waals surface area contributed by atoms with Crippen molar-refractivity contribution in [3.63, 3.8) is 0 Å². The summed E-state index contributed by atoms with van der Waals surface area (Å²) >= 11 is 4.23. The van der Waals surface area contributed by atoms with Crippen molar-refractivity contribution in [2.24, 2.45) is 0 Å². The molecular weight excluding hydrogens is 500 g/mol. The van der Waals surface area contributed by atoms with E-state index in [1.54, 1.807) is 38.3 Å². The first-order valence-corrected chi connectivity index (χ1v) is 11.2. The molecule has 2 aromatic rings. The predicted molar refractivity (Wildman–Crippen MR) is 123 cm³/mol. The van der Waals surface area contributed by atoms with E-state index in [0.29, 0.717) is 21.5 Å². The van der Waals surface area contributed by atoms with Crippen LogP contribution in [0.3, 0.4) is 0 Å². The molecule has 1 fully saturated rings. The average molecular weight is 521 g/mol. The number of hydrogen-bond donors (Lipinski definition) is 0. The maximum Gasteiger partial charge on any atom is 0.326 e. The van der Waals surface area contributed by atoms with Crippen LogP contribution in [0.1, 0.15) is 25.1 Å². The van der Waals surface area contributed by atoms with Gasteiger partial charge in [-0.15, -0.1) is 0 Å². The zero-order valence-electron chi connectivity index (χ0n) is 17.7. The summed E-state index contributed by atoms with van der Waals surface area (Å²) in [6.07, 6.45) is 2.92. The van der Waals surface area contributed by atoms with E-state index in [9.17, 15) is 14.4 Å². The molecule has 8 nitrogen and oxygen atoms in total. The highest BCUT2D eigenvalue weighted by Gasteiger charge is 2.36. The molecule has 10 heteroatoms. The molecule has 1 aromatic heterocycles. The van der Waals surface area contributed by atoms with E-state index in [2.05, 4.69) is 20.9 Å². The van der Waals surface area contributed by atoms with Gasteiger partial charge in [0, 0.05) is 6.20 Å². The van der Waals surface area contributed by atoms with Crippen LogP contribution in [-0.2, 0) is 20.9 Å². The van der Waals surface area contributed by atoms with Gasteiger partial charge in [-0.3, -0.25) is 24.3 Å². The van der Waals surface area contributed by atoms with Gasteiger partial charge in [0.05, 0.1) is 28.3 Å². The van der Waals surface area contributed by atoms with Gasteiger partial charge in [0.1, 0.15) is 13.2 Å². The van der Waals surface area contributed by atoms with Crippen molar-refractivity contribution in [1.29, 1.82) is 0 Å². The number of halogens is 1. The van der Waals surface area contributed by atoms with Crippen LogP contribution >= 0.6 is 27.7 Å². The van der Waals surface area contributed by atoms with Crippen molar-refractivity contribution in [1.82, 2.24) is 9.88 Å². The van der Waals surface area contributed by atoms with Crippen molar-refractivity contribution in [3.05, 3.63) is 57.2 Å². The second-order valence-electron chi connectivity index (χ2n) is 6.95. The zero-order valence-corrected chi connectivity index (χ0v) is 20.1. The SMILES string of the molecule is COc1cc(/C=C2/SC(=O)N(CC(=O)OC(C)C)C2=O)cc(Br)c1OCc1ccccn1. The van der Waals surface area contributed by atoms with E-state index in [1.807, 2.05) is 18.2 Å². The molecule has 0 saturated carbocycles. The Morgan fingerprint density at radius 2 is 2.06 bits per heavy atom. The summed E-state index contributed by atoms with van der Waals surface area (Å²) in [6.45, 7) is 3.22. The fourth-order valence-electron chi connectivity index (χ4n) is 2.81. The molecule has 1 aliphatic heterocycles. The Morgan fingerprint density at radius 1 is 1.28 bits per heavy atom. The van der Waals surface area contributed by atoms with Crippen LogP contribution in [0.5, 0.6) is 11.5 Å². The molecule has 0 spiro atoms. The van der Waals surface area contributed by atoms with Gasteiger partial charge in [0.25, 0.3) is 11.1 Å². The first-order chi connectivity index (χ1) is 15.3. The number of benzene rings is 1. The maximum absolute atomic E-state index is 12.6. The van der Waals surface area contributed by atoms with Crippen molar-refractivity contribution in [3.8, 4) is 11.5 Å². The molecule has 2 heterocycles. The number of methoxy groups -OCH3 is 1. The molecule has 32 heavy (non-hydrogen) atoms. The van der Waals surface area contributed by atoms with Crippen LogP contribution in [0.2, 0.25) is 0 Å². The van der Waals surface area contributed by atoms with Gasteiger partial charge in [-0.25, -0.2) is 0 Å². The summed E-state index contributed by atoms with van der Waals surface area (Å²) in [5.41, 5.74) is 1.38. The molecule has 0 N–H and O–H groups in total. The second kappa shape index (κ2) is 10.6. The summed E-state index contributed by atoms with van der Waals surface area (Å²) in [4.78, 5) is 42.0. The van der Waals surface area contributed by atoms with E-state index in [0.717, 1.165) is 22.4 Å². The van der Waals surface area contributed by atoms with Crippen LogP contribution in [0.25, 0.3) is 6.08 Å². The molecule has 2 amide bonds. The lowest BCUT2D eigenvalue weighted by Gasteiger charge is -2.14. The van der Waals surface area contributed by atoms with Crippen LogP contribution in [-0.4, -0.2) is 46.8 Å². The smallest absolute Gasteiger partial charge is 0.326 e. The third-order valence-electron chi connectivity index (χ3n) is 4.17.